The van der Waals surface area contributed by atoms with Crippen molar-refractivity contribution in [2.45, 2.75) is 39.2 Å². The minimum absolute atomic E-state index is 0.758. The van der Waals surface area contributed by atoms with E-state index >= 15 is 0 Å². The average Bonchev–Trinajstić information content (AvgIpc) is 2.15. The van der Waals surface area contributed by atoms with Gasteiger partial charge >= 0.3 is 0 Å². The predicted octanol–water partition coefficient (Wildman–Crippen LogP) is 1.62. The van der Waals surface area contributed by atoms with Gasteiger partial charge in [-0.1, -0.05) is 13.8 Å². The molecule has 0 bridgehead atoms. The number of nitrogens with one attached hydrogen (secondary N) is 2. The molecular formula is C11H24N2. The molecule has 13 heavy (non-hydrogen) atoms. The molecule has 0 saturated carbocycles. The van der Waals surface area contributed by atoms with Crippen LogP contribution in [0.3, 0.4) is 0 Å². The summed E-state index contributed by atoms with van der Waals surface area (Å²) < 4.78 is 0. The number of hydrogen-bond acceptors (Lipinski definition) is 2. The maximum atomic E-state index is 3.60. The van der Waals surface area contributed by atoms with Crippen LogP contribution in [0.5, 0.6) is 0 Å². The Kier molecular flexibility index (Phi) is 4.74. The molecule has 2 atom stereocenters. The third kappa shape index (κ3) is 3.65. The van der Waals surface area contributed by atoms with E-state index in [1.807, 2.05) is 7.05 Å². The van der Waals surface area contributed by atoms with E-state index in [1.54, 1.807) is 0 Å². The van der Waals surface area contributed by atoms with E-state index in [2.05, 4.69) is 24.5 Å². The Morgan fingerprint density at radius 2 is 2.23 bits per heavy atom. The molecule has 1 heterocycles. The highest BCUT2D eigenvalue weighted by Crippen LogP contribution is 2.24. The second-order valence-electron chi connectivity index (χ2n) is 4.57. The van der Waals surface area contributed by atoms with Crippen LogP contribution in [-0.4, -0.2) is 26.2 Å². The standard InChI is InChI=1S/C11H24N2/c1-9(2)10-4-7-13-11(8-10)5-6-12-3/h9-13H,4-8H2,1-3H3. The molecule has 1 rings (SSSR count). The third-order valence-corrected chi connectivity index (χ3v) is 3.22. The highest BCUT2D eigenvalue weighted by atomic mass is 14.9. The van der Waals surface area contributed by atoms with Gasteiger partial charge in [0.2, 0.25) is 0 Å². The normalized spacial score (nSPS) is 29.5. The van der Waals surface area contributed by atoms with Crippen LogP contribution >= 0.6 is 0 Å². The number of piperidine rings is 1. The summed E-state index contributed by atoms with van der Waals surface area (Å²) in [6.07, 6.45) is 4.02. The zero-order valence-electron chi connectivity index (χ0n) is 9.27. The van der Waals surface area contributed by atoms with E-state index in [9.17, 15) is 0 Å². The van der Waals surface area contributed by atoms with E-state index in [0.717, 1.165) is 24.4 Å². The van der Waals surface area contributed by atoms with Crippen molar-refractivity contribution in [3.8, 4) is 0 Å². The second-order valence-corrected chi connectivity index (χ2v) is 4.57. The van der Waals surface area contributed by atoms with Crippen molar-refractivity contribution in [1.82, 2.24) is 10.6 Å². The molecule has 0 aromatic heterocycles. The van der Waals surface area contributed by atoms with Crippen LogP contribution in [0.1, 0.15) is 33.1 Å². The van der Waals surface area contributed by atoms with Crippen molar-refractivity contribution in [1.29, 1.82) is 0 Å². The van der Waals surface area contributed by atoms with E-state index in [-0.39, 0.29) is 0 Å². The van der Waals surface area contributed by atoms with Gasteiger partial charge in [0.05, 0.1) is 0 Å². The summed E-state index contributed by atoms with van der Waals surface area (Å²) in [5, 5.41) is 6.82. The maximum Gasteiger partial charge on any atom is 0.00818 e. The average molecular weight is 184 g/mol. The van der Waals surface area contributed by atoms with Crippen molar-refractivity contribution < 1.29 is 0 Å². The fraction of sp³-hybridized carbons (Fsp3) is 1.00. The minimum Gasteiger partial charge on any atom is -0.320 e. The monoisotopic (exact) mass is 184 g/mol. The van der Waals surface area contributed by atoms with Gasteiger partial charge in [0.1, 0.15) is 0 Å². The van der Waals surface area contributed by atoms with Crippen LogP contribution in [-0.2, 0) is 0 Å². The molecule has 0 amide bonds. The third-order valence-electron chi connectivity index (χ3n) is 3.22. The van der Waals surface area contributed by atoms with Gasteiger partial charge in [-0.3, -0.25) is 0 Å². The lowest BCUT2D eigenvalue weighted by molar-refractivity contribution is 0.236. The van der Waals surface area contributed by atoms with Crippen LogP contribution in [0.15, 0.2) is 0 Å². The topological polar surface area (TPSA) is 24.1 Å². The molecule has 0 spiro atoms. The summed E-state index contributed by atoms with van der Waals surface area (Å²) in [5.41, 5.74) is 0. The highest BCUT2D eigenvalue weighted by Gasteiger charge is 2.22. The van der Waals surface area contributed by atoms with Crippen LogP contribution < -0.4 is 10.6 Å². The number of rotatable bonds is 4. The van der Waals surface area contributed by atoms with Crippen molar-refractivity contribution in [3.63, 3.8) is 0 Å². The van der Waals surface area contributed by atoms with Crippen LogP contribution in [0.2, 0.25) is 0 Å². The summed E-state index contributed by atoms with van der Waals surface area (Å²) in [4.78, 5) is 0. The summed E-state index contributed by atoms with van der Waals surface area (Å²) in [6, 6.07) is 0.758. The predicted molar refractivity (Wildman–Crippen MR) is 57.9 cm³/mol. The Bertz CT molecular complexity index is 134. The Hall–Kier alpha value is -0.0800. The first-order valence-corrected chi connectivity index (χ1v) is 5.62. The fourth-order valence-electron chi connectivity index (χ4n) is 2.18. The second kappa shape index (κ2) is 5.61. The molecule has 1 fully saturated rings. The van der Waals surface area contributed by atoms with Gasteiger partial charge in [-0.2, -0.15) is 0 Å². The summed E-state index contributed by atoms with van der Waals surface area (Å²) in [6.45, 7) is 7.07. The van der Waals surface area contributed by atoms with Gasteiger partial charge < -0.3 is 10.6 Å². The summed E-state index contributed by atoms with van der Waals surface area (Å²) >= 11 is 0. The van der Waals surface area contributed by atoms with Crippen molar-refractivity contribution in [3.05, 3.63) is 0 Å². The molecule has 2 heteroatoms. The van der Waals surface area contributed by atoms with Gasteiger partial charge in [0.15, 0.2) is 0 Å². The van der Waals surface area contributed by atoms with Gasteiger partial charge in [-0.05, 0) is 51.2 Å². The molecule has 78 valence electrons. The highest BCUT2D eigenvalue weighted by molar-refractivity contribution is 4.80. The molecule has 0 radical (unpaired) electrons. The Labute approximate surface area is 82.5 Å². The molecule has 0 aromatic rings. The molecule has 2 unspecified atom stereocenters. The first kappa shape index (κ1) is 11.0. The minimum atomic E-state index is 0.758. The fourth-order valence-corrected chi connectivity index (χ4v) is 2.18. The molecule has 1 saturated heterocycles. The lowest BCUT2D eigenvalue weighted by Crippen LogP contribution is -2.40. The van der Waals surface area contributed by atoms with Gasteiger partial charge in [-0.25, -0.2) is 0 Å². The van der Waals surface area contributed by atoms with Crippen LogP contribution in [0.25, 0.3) is 0 Å². The van der Waals surface area contributed by atoms with Crippen LogP contribution in [0.4, 0.5) is 0 Å². The zero-order chi connectivity index (χ0) is 9.68. The molecule has 0 aromatic carbocycles. The van der Waals surface area contributed by atoms with Crippen molar-refractivity contribution >= 4 is 0 Å². The van der Waals surface area contributed by atoms with Crippen molar-refractivity contribution in [2.24, 2.45) is 11.8 Å². The molecule has 2 nitrogen and oxygen atoms in total. The van der Waals surface area contributed by atoms with Gasteiger partial charge in [-0.15, -0.1) is 0 Å². The molecule has 0 aliphatic carbocycles. The largest absolute Gasteiger partial charge is 0.320 e. The quantitative estimate of drug-likeness (QED) is 0.694. The summed E-state index contributed by atoms with van der Waals surface area (Å²) in [5.74, 6) is 1.81. The zero-order valence-corrected chi connectivity index (χ0v) is 9.27. The number of hydrogen-bond donors (Lipinski definition) is 2. The Morgan fingerprint density at radius 1 is 1.46 bits per heavy atom. The SMILES string of the molecule is CNCCC1CC(C(C)C)CCN1. The molecule has 2 N–H and O–H groups in total. The maximum absolute atomic E-state index is 3.60. The van der Waals surface area contributed by atoms with E-state index in [4.69, 9.17) is 0 Å². The van der Waals surface area contributed by atoms with E-state index < -0.39 is 0 Å². The van der Waals surface area contributed by atoms with E-state index in [1.165, 1.54) is 25.8 Å². The Balaban J connectivity index is 2.25. The Morgan fingerprint density at radius 3 is 2.85 bits per heavy atom. The van der Waals surface area contributed by atoms with Crippen molar-refractivity contribution in [2.75, 3.05) is 20.1 Å². The van der Waals surface area contributed by atoms with E-state index in [0.29, 0.717) is 0 Å². The van der Waals surface area contributed by atoms with Gasteiger partial charge in [0.25, 0.3) is 0 Å². The molecule has 1 aliphatic rings. The molecular weight excluding hydrogens is 160 g/mol. The van der Waals surface area contributed by atoms with Gasteiger partial charge in [0, 0.05) is 6.04 Å². The lowest BCUT2D eigenvalue weighted by atomic mass is 9.83. The smallest absolute Gasteiger partial charge is 0.00818 e. The first-order valence-electron chi connectivity index (χ1n) is 5.62. The lowest BCUT2D eigenvalue weighted by Gasteiger charge is -2.32. The summed E-state index contributed by atoms with van der Waals surface area (Å²) in [7, 11) is 2.03. The molecule has 1 aliphatic heterocycles. The van der Waals surface area contributed by atoms with Crippen LogP contribution in [0, 0.1) is 11.8 Å². The first-order chi connectivity index (χ1) is 6.24.